The molecule has 0 spiro atoms. The number of para-hydroxylation sites is 3. The van der Waals surface area contributed by atoms with Crippen LogP contribution in [0.3, 0.4) is 0 Å². The molecule has 3 heterocycles. The van der Waals surface area contributed by atoms with Gasteiger partial charge in [0, 0.05) is 105 Å². The Kier molecular flexibility index (Phi) is 17.4. The Hall–Kier alpha value is -10.6. The predicted molar refractivity (Wildman–Crippen MR) is 402 cm³/mol. The van der Waals surface area contributed by atoms with Crippen LogP contribution in [-0.2, 0) is 12.8 Å². The van der Waals surface area contributed by atoms with Gasteiger partial charge in [0.2, 0.25) is 0 Å². The van der Waals surface area contributed by atoms with Gasteiger partial charge < -0.3 is 28.4 Å². The molecule has 0 atom stereocenters. The van der Waals surface area contributed by atoms with E-state index in [1.54, 1.807) is 0 Å². The molecule has 0 amide bonds. The Balaban J connectivity index is 0.000000127. The molecule has 3 aromatic heterocycles. The minimum Gasteiger partial charge on any atom is -0.345 e. The lowest BCUT2D eigenvalue weighted by molar-refractivity contribution is 0.868. The average molecular weight is 1210 g/mol. The second-order valence-corrected chi connectivity index (χ2v) is 25.6. The highest BCUT2D eigenvalue weighted by atomic mass is 15.1. The van der Waals surface area contributed by atoms with E-state index in [1.807, 2.05) is 6.07 Å². The van der Waals surface area contributed by atoms with Gasteiger partial charge in [-0.15, -0.1) is 0 Å². The molecular weight excluding hydrogens is 1130 g/mol. The Morgan fingerprint density at radius 1 is 0.269 bits per heavy atom. The van der Waals surface area contributed by atoms with Gasteiger partial charge in [0.05, 0.1) is 33.1 Å². The fourth-order valence-electron chi connectivity index (χ4n) is 13.3. The van der Waals surface area contributed by atoms with E-state index in [0.717, 1.165) is 12.8 Å². The van der Waals surface area contributed by atoms with Crippen LogP contribution in [0.15, 0.2) is 273 Å². The summed E-state index contributed by atoms with van der Waals surface area (Å²) in [6, 6.07) is 99.2. The largest absolute Gasteiger partial charge is 0.345 e. The Morgan fingerprint density at radius 3 is 0.796 bits per heavy atom. The number of hydrogen-bond acceptors (Lipinski definition) is 3. The fraction of sp³-hybridized carbons (Fsp3) is 0.172. The first-order valence-electron chi connectivity index (χ1n) is 33.1. The monoisotopic (exact) mass is 1210 g/mol. The summed E-state index contributed by atoms with van der Waals surface area (Å²) in [5.74, 6) is 1.02. The number of benzene rings is 12. The molecular formula is C87H84N6. The van der Waals surface area contributed by atoms with Crippen molar-refractivity contribution in [1.82, 2.24) is 13.7 Å². The summed E-state index contributed by atoms with van der Waals surface area (Å²) in [6.45, 7) is 17.8. The summed E-state index contributed by atoms with van der Waals surface area (Å²) in [5.41, 5.74) is 26.3. The maximum Gasteiger partial charge on any atom is 0.0541 e. The minimum atomic E-state index is 0.508. The van der Waals surface area contributed by atoms with Crippen molar-refractivity contribution in [2.75, 3.05) is 35.8 Å². The predicted octanol–water partition coefficient (Wildman–Crippen LogP) is 23.6. The molecule has 15 aromatic rings. The van der Waals surface area contributed by atoms with Gasteiger partial charge in [-0.25, -0.2) is 0 Å². The average Bonchev–Trinajstić information content (AvgIpc) is 1.63. The number of nitrogens with zero attached hydrogens (tertiary/aromatic N) is 6. The topological polar surface area (TPSA) is 24.5 Å². The summed E-state index contributed by atoms with van der Waals surface area (Å²) in [7, 11) is 6.34. The van der Waals surface area contributed by atoms with Crippen LogP contribution in [0.4, 0.5) is 34.1 Å². The van der Waals surface area contributed by atoms with Crippen molar-refractivity contribution in [3.05, 3.63) is 306 Å². The smallest absolute Gasteiger partial charge is 0.0541 e. The van der Waals surface area contributed by atoms with E-state index in [1.165, 1.54) is 150 Å². The number of aryl methyl sites for hydroxylation is 4. The van der Waals surface area contributed by atoms with Crippen molar-refractivity contribution in [2.24, 2.45) is 0 Å². The van der Waals surface area contributed by atoms with E-state index < -0.39 is 0 Å². The van der Waals surface area contributed by atoms with Crippen LogP contribution in [0.25, 0.3) is 82.5 Å². The van der Waals surface area contributed by atoms with E-state index in [0.29, 0.717) is 11.8 Å². The number of anilines is 6. The zero-order valence-electron chi connectivity index (χ0n) is 55.7. The molecule has 0 N–H and O–H groups in total. The van der Waals surface area contributed by atoms with E-state index in [-0.39, 0.29) is 0 Å². The third-order valence-corrected chi connectivity index (χ3v) is 18.8. The Bertz CT molecular complexity index is 4910. The molecule has 6 heteroatoms. The van der Waals surface area contributed by atoms with Gasteiger partial charge in [-0.05, 0) is 243 Å². The van der Waals surface area contributed by atoms with Gasteiger partial charge in [-0.3, -0.25) is 0 Å². The van der Waals surface area contributed by atoms with Crippen molar-refractivity contribution in [3.8, 4) is 17.1 Å². The highest BCUT2D eigenvalue weighted by molar-refractivity contribution is 6.12. The van der Waals surface area contributed by atoms with Gasteiger partial charge in [0.25, 0.3) is 0 Å². The van der Waals surface area contributed by atoms with Gasteiger partial charge in [-0.2, -0.15) is 0 Å². The van der Waals surface area contributed by atoms with Crippen molar-refractivity contribution >= 4 is 99.5 Å². The molecule has 0 saturated carbocycles. The molecule has 0 fully saturated rings. The summed E-state index contributed by atoms with van der Waals surface area (Å²) >= 11 is 0. The maximum absolute atomic E-state index is 2.41. The summed E-state index contributed by atoms with van der Waals surface area (Å²) in [4.78, 5) is 6.65. The lowest BCUT2D eigenvalue weighted by atomic mass is 9.98. The molecule has 6 nitrogen and oxygen atoms in total. The second-order valence-electron chi connectivity index (χ2n) is 25.6. The minimum absolute atomic E-state index is 0.508. The molecule has 0 radical (unpaired) electrons. The summed E-state index contributed by atoms with van der Waals surface area (Å²) in [5, 5.41) is 7.99. The van der Waals surface area contributed by atoms with E-state index in [2.05, 4.69) is 372 Å². The zero-order valence-corrected chi connectivity index (χ0v) is 55.7. The third kappa shape index (κ3) is 12.2. The Labute approximate surface area is 549 Å². The molecule has 462 valence electrons. The molecule has 93 heavy (non-hydrogen) atoms. The molecule has 0 aliphatic heterocycles. The molecule has 15 rings (SSSR count). The van der Waals surface area contributed by atoms with E-state index in [9.17, 15) is 0 Å². The lowest BCUT2D eigenvalue weighted by Crippen LogP contribution is -2.09. The standard InChI is InChI=1S/C31H32N2.C29H28N2.C27H24N2/c1-21(2)23-11-17-30-28(19-23)29-20-24(22(3)4)12-18-31(29)33(30)27-15-13-26(14-16-27)32(5)25-9-7-6-8-10-25;1-4-21-11-17-28-26(19-21)27-20-22(5-2)12-18-29(27)31(28)25-15-13-24(14-16-25)30(3)23-9-7-6-8-10-23;1-19-9-15-26-24(17-19)25-18-20(2)10-16-27(25)29(26)23-13-11-22(12-14-23)28(3)21-7-5-4-6-8-21/h6-22H,1-5H3;6-20H,4-5H2,1-3H3;4-18H,1-3H3. The number of hydrogen-bond donors (Lipinski definition) is 0. The second kappa shape index (κ2) is 26.3. The van der Waals surface area contributed by atoms with E-state index in [4.69, 9.17) is 0 Å². The highest BCUT2D eigenvalue weighted by Gasteiger charge is 2.19. The lowest BCUT2D eigenvalue weighted by Gasteiger charge is -2.20. The Morgan fingerprint density at radius 2 is 0.516 bits per heavy atom. The molecule has 12 aromatic carbocycles. The van der Waals surface area contributed by atoms with Crippen LogP contribution in [0.1, 0.15) is 86.8 Å². The zero-order chi connectivity index (χ0) is 64.4. The van der Waals surface area contributed by atoms with Crippen molar-refractivity contribution < 1.29 is 0 Å². The van der Waals surface area contributed by atoms with Crippen LogP contribution in [0.5, 0.6) is 0 Å². The van der Waals surface area contributed by atoms with Gasteiger partial charge in [0.1, 0.15) is 0 Å². The first-order chi connectivity index (χ1) is 45.2. The van der Waals surface area contributed by atoms with Crippen molar-refractivity contribution in [1.29, 1.82) is 0 Å². The molecule has 0 aliphatic rings. The van der Waals surface area contributed by atoms with Crippen LogP contribution in [0, 0.1) is 13.8 Å². The van der Waals surface area contributed by atoms with Crippen LogP contribution in [0.2, 0.25) is 0 Å². The summed E-state index contributed by atoms with van der Waals surface area (Å²) in [6.07, 6.45) is 2.10. The van der Waals surface area contributed by atoms with Crippen molar-refractivity contribution in [3.63, 3.8) is 0 Å². The SMILES string of the molecule is CC(C)c1ccc2c(c1)c1cc(C(C)C)ccc1n2-c1ccc(N(C)c2ccccc2)cc1.CCc1ccc2c(c1)c1cc(CC)ccc1n2-c1ccc(N(C)c2ccccc2)cc1.Cc1ccc2c(c1)c1cc(C)ccc1n2-c1ccc(N(C)c2ccccc2)cc1. The molecule has 0 bridgehead atoms. The number of aromatic nitrogens is 3. The van der Waals surface area contributed by atoms with Gasteiger partial charge >= 0.3 is 0 Å². The highest BCUT2D eigenvalue weighted by Crippen LogP contribution is 2.39. The van der Waals surface area contributed by atoms with Crippen molar-refractivity contribution in [2.45, 2.75) is 80.1 Å². The molecule has 0 saturated heterocycles. The third-order valence-electron chi connectivity index (χ3n) is 18.8. The van der Waals surface area contributed by atoms with Gasteiger partial charge in [-0.1, -0.05) is 144 Å². The van der Waals surface area contributed by atoms with Crippen LogP contribution < -0.4 is 14.7 Å². The number of fused-ring (bicyclic) bond motifs is 9. The first-order valence-corrected chi connectivity index (χ1v) is 33.1. The molecule has 0 unspecified atom stereocenters. The molecule has 0 aliphatic carbocycles. The normalized spacial score (nSPS) is 11.5. The number of rotatable bonds is 13. The van der Waals surface area contributed by atoms with E-state index >= 15 is 0 Å². The van der Waals surface area contributed by atoms with Crippen LogP contribution >= 0.6 is 0 Å². The maximum atomic E-state index is 2.41. The quantitative estimate of drug-likeness (QED) is 0.115. The summed E-state index contributed by atoms with van der Waals surface area (Å²) < 4.78 is 7.18. The fourth-order valence-corrected chi connectivity index (χ4v) is 13.3. The first kappa shape index (κ1) is 61.3. The van der Waals surface area contributed by atoms with Gasteiger partial charge in [0.15, 0.2) is 0 Å². The van der Waals surface area contributed by atoms with Crippen LogP contribution in [-0.4, -0.2) is 34.8 Å².